The Kier molecular flexibility index (Phi) is 9.62. The molecule has 5 aromatic rings. The van der Waals surface area contributed by atoms with Crippen LogP contribution >= 0.6 is 11.6 Å². The second-order valence-corrected chi connectivity index (χ2v) is 11.2. The van der Waals surface area contributed by atoms with E-state index >= 15 is 0 Å². The molecule has 3 N–H and O–H groups in total. The lowest BCUT2D eigenvalue weighted by molar-refractivity contribution is -0.139. The molecule has 1 unspecified atom stereocenters. The third-order valence-electron chi connectivity index (χ3n) is 7.22. The zero-order valence-corrected chi connectivity index (χ0v) is 25.2. The van der Waals surface area contributed by atoms with Crippen LogP contribution in [0.3, 0.4) is 0 Å². The third kappa shape index (κ3) is 7.65. The van der Waals surface area contributed by atoms with Crippen molar-refractivity contribution >= 4 is 34.9 Å². The fraction of sp³-hybridized carbons (Fsp3) is 0.135. The van der Waals surface area contributed by atoms with Crippen LogP contribution in [0.1, 0.15) is 41.3 Å². The highest BCUT2D eigenvalue weighted by molar-refractivity contribution is 6.31. The molecule has 0 spiro atoms. The SMILES string of the molecule is CC(C)c1cccc(Nc2ccc(Cl)cc2C(=O)NC(Cc2ccc(-c3ccccc3Oc3ccccc3)cc2)C(=O)O)c1. The number of aliphatic carboxylic acids is 1. The van der Waals surface area contributed by atoms with Crippen LogP contribution in [0.25, 0.3) is 11.1 Å². The van der Waals surface area contributed by atoms with E-state index in [2.05, 4.69) is 24.5 Å². The van der Waals surface area contributed by atoms with E-state index in [9.17, 15) is 14.7 Å². The molecule has 0 aliphatic rings. The van der Waals surface area contributed by atoms with E-state index in [-0.39, 0.29) is 12.0 Å². The van der Waals surface area contributed by atoms with E-state index in [1.807, 2.05) is 103 Å². The van der Waals surface area contributed by atoms with Gasteiger partial charge in [-0.3, -0.25) is 4.79 Å². The monoisotopic (exact) mass is 604 g/mol. The van der Waals surface area contributed by atoms with Gasteiger partial charge in [-0.05, 0) is 71.1 Å². The second-order valence-electron chi connectivity index (χ2n) is 10.8. The Labute approximate surface area is 262 Å². The molecule has 0 heterocycles. The molecule has 44 heavy (non-hydrogen) atoms. The van der Waals surface area contributed by atoms with Gasteiger partial charge < -0.3 is 20.5 Å². The van der Waals surface area contributed by atoms with Gasteiger partial charge >= 0.3 is 5.97 Å². The lowest BCUT2D eigenvalue weighted by atomic mass is 9.99. The van der Waals surface area contributed by atoms with E-state index in [0.29, 0.717) is 22.4 Å². The van der Waals surface area contributed by atoms with E-state index in [1.54, 1.807) is 12.1 Å². The topological polar surface area (TPSA) is 87.7 Å². The van der Waals surface area contributed by atoms with Gasteiger partial charge in [0.15, 0.2) is 0 Å². The molecule has 1 atom stereocenters. The van der Waals surface area contributed by atoms with Crippen molar-refractivity contribution in [2.24, 2.45) is 0 Å². The van der Waals surface area contributed by atoms with Crippen LogP contribution in [0, 0.1) is 0 Å². The summed E-state index contributed by atoms with van der Waals surface area (Å²) in [7, 11) is 0. The summed E-state index contributed by atoms with van der Waals surface area (Å²) in [4.78, 5) is 25.7. The number of hydrogen-bond donors (Lipinski definition) is 3. The van der Waals surface area contributed by atoms with E-state index in [1.165, 1.54) is 6.07 Å². The third-order valence-corrected chi connectivity index (χ3v) is 7.46. The molecule has 0 radical (unpaired) electrons. The number of para-hydroxylation sites is 2. The Hall–Kier alpha value is -5.07. The maximum atomic E-state index is 13.4. The van der Waals surface area contributed by atoms with Crippen molar-refractivity contribution in [1.82, 2.24) is 5.32 Å². The fourth-order valence-electron chi connectivity index (χ4n) is 4.85. The molecular weight excluding hydrogens is 572 g/mol. The number of hydrogen-bond acceptors (Lipinski definition) is 4. The van der Waals surface area contributed by atoms with Crippen molar-refractivity contribution in [2.45, 2.75) is 32.2 Å². The maximum Gasteiger partial charge on any atom is 0.326 e. The Morgan fingerprint density at radius 3 is 2.27 bits per heavy atom. The summed E-state index contributed by atoms with van der Waals surface area (Å²) in [5, 5.41) is 16.4. The van der Waals surface area contributed by atoms with Gasteiger partial charge in [0.2, 0.25) is 0 Å². The molecule has 0 fully saturated rings. The van der Waals surface area contributed by atoms with Crippen LogP contribution in [0.15, 0.2) is 121 Å². The number of carboxylic acids is 1. The zero-order chi connectivity index (χ0) is 31.1. The first-order valence-electron chi connectivity index (χ1n) is 14.4. The van der Waals surface area contributed by atoms with E-state index < -0.39 is 17.9 Å². The first kappa shape index (κ1) is 30.4. The smallest absolute Gasteiger partial charge is 0.326 e. The minimum Gasteiger partial charge on any atom is -0.480 e. The normalized spacial score (nSPS) is 11.5. The van der Waals surface area contributed by atoms with Crippen LogP contribution in [0.5, 0.6) is 11.5 Å². The number of benzene rings is 5. The Morgan fingerprint density at radius 1 is 0.818 bits per heavy atom. The summed E-state index contributed by atoms with van der Waals surface area (Å²) in [6.45, 7) is 4.22. The van der Waals surface area contributed by atoms with Crippen molar-refractivity contribution < 1.29 is 19.4 Å². The molecule has 222 valence electrons. The molecule has 6 nitrogen and oxygen atoms in total. The van der Waals surface area contributed by atoms with Crippen molar-refractivity contribution in [3.05, 3.63) is 143 Å². The average Bonchev–Trinajstić information content (AvgIpc) is 3.03. The number of ether oxygens (including phenoxy) is 1. The largest absolute Gasteiger partial charge is 0.480 e. The van der Waals surface area contributed by atoms with Crippen LogP contribution in [0.2, 0.25) is 5.02 Å². The first-order valence-corrected chi connectivity index (χ1v) is 14.8. The summed E-state index contributed by atoms with van der Waals surface area (Å²) in [6, 6.07) is 36.6. The van der Waals surface area contributed by atoms with Gasteiger partial charge in [-0.15, -0.1) is 0 Å². The van der Waals surface area contributed by atoms with Crippen molar-refractivity contribution in [3.63, 3.8) is 0 Å². The summed E-state index contributed by atoms with van der Waals surface area (Å²) >= 11 is 6.25. The molecule has 7 heteroatoms. The van der Waals surface area contributed by atoms with E-state index in [4.69, 9.17) is 16.3 Å². The average molecular weight is 605 g/mol. The number of anilines is 2. The number of nitrogens with one attached hydrogen (secondary N) is 2. The van der Waals surface area contributed by atoms with Crippen LogP contribution in [-0.2, 0) is 11.2 Å². The molecule has 5 rings (SSSR count). The highest BCUT2D eigenvalue weighted by Crippen LogP contribution is 2.33. The summed E-state index contributed by atoms with van der Waals surface area (Å²) in [6.07, 6.45) is 0.100. The molecular formula is C37H33ClN2O4. The predicted octanol–water partition coefficient (Wildman–Crippen LogP) is 9.09. The van der Waals surface area contributed by atoms with Gasteiger partial charge in [-0.1, -0.05) is 98.2 Å². The van der Waals surface area contributed by atoms with Crippen LogP contribution in [-0.4, -0.2) is 23.0 Å². The first-order chi connectivity index (χ1) is 21.3. The highest BCUT2D eigenvalue weighted by atomic mass is 35.5. The predicted molar refractivity (Wildman–Crippen MR) is 176 cm³/mol. The number of rotatable bonds is 11. The molecule has 0 aromatic heterocycles. The molecule has 0 saturated heterocycles. The number of carboxylic acid groups (broad SMARTS) is 1. The number of carbonyl (C=O) groups excluding carboxylic acids is 1. The summed E-state index contributed by atoms with van der Waals surface area (Å²) in [5.41, 5.74) is 5.34. The number of halogens is 1. The van der Waals surface area contributed by atoms with Crippen molar-refractivity contribution in [2.75, 3.05) is 5.32 Å². The quantitative estimate of drug-likeness (QED) is 0.140. The Bertz CT molecular complexity index is 1750. The zero-order valence-electron chi connectivity index (χ0n) is 24.5. The van der Waals surface area contributed by atoms with Gasteiger partial charge in [0.05, 0.1) is 11.3 Å². The summed E-state index contributed by atoms with van der Waals surface area (Å²) < 4.78 is 6.11. The molecule has 0 aliphatic carbocycles. The lowest BCUT2D eigenvalue weighted by Crippen LogP contribution is -2.42. The van der Waals surface area contributed by atoms with Gasteiger partial charge in [0.1, 0.15) is 17.5 Å². The molecule has 5 aromatic carbocycles. The molecule has 0 saturated carbocycles. The Balaban J connectivity index is 1.31. The van der Waals surface area contributed by atoms with Crippen LogP contribution < -0.4 is 15.4 Å². The maximum absolute atomic E-state index is 13.4. The minimum absolute atomic E-state index is 0.100. The highest BCUT2D eigenvalue weighted by Gasteiger charge is 2.23. The standard InChI is InChI=1S/C37H33ClN2O4/c1-24(2)27-9-8-10-29(22-27)39-33-20-19-28(38)23-32(33)36(41)40-34(37(42)43)21-25-15-17-26(18-16-25)31-13-6-7-14-35(31)44-30-11-4-3-5-12-30/h3-20,22-24,34,39H,21H2,1-2H3,(H,40,41)(H,42,43). The molecule has 0 aliphatic heterocycles. The van der Waals surface area contributed by atoms with Crippen molar-refractivity contribution in [3.8, 4) is 22.6 Å². The van der Waals surface area contributed by atoms with Gasteiger partial charge in [0.25, 0.3) is 5.91 Å². The van der Waals surface area contributed by atoms with Crippen molar-refractivity contribution in [1.29, 1.82) is 0 Å². The van der Waals surface area contributed by atoms with Crippen LogP contribution in [0.4, 0.5) is 11.4 Å². The second kappa shape index (κ2) is 13.9. The number of amides is 1. The summed E-state index contributed by atoms with van der Waals surface area (Å²) in [5.74, 6) is 0.117. The van der Waals surface area contributed by atoms with Gasteiger partial charge in [0, 0.05) is 22.7 Å². The minimum atomic E-state index is -1.15. The van der Waals surface area contributed by atoms with Gasteiger partial charge in [-0.2, -0.15) is 0 Å². The number of carbonyl (C=O) groups is 2. The molecule has 1 amide bonds. The van der Waals surface area contributed by atoms with E-state index in [0.717, 1.165) is 33.7 Å². The lowest BCUT2D eigenvalue weighted by Gasteiger charge is -2.18. The molecule has 0 bridgehead atoms. The van der Waals surface area contributed by atoms with Gasteiger partial charge in [-0.25, -0.2) is 4.79 Å². The Morgan fingerprint density at radius 2 is 1.55 bits per heavy atom. The fourth-order valence-corrected chi connectivity index (χ4v) is 5.02.